The van der Waals surface area contributed by atoms with Gasteiger partial charge in [0.2, 0.25) is 0 Å². The molecule has 0 unspecified atom stereocenters. The topological polar surface area (TPSA) is 65.5 Å². The number of non-ortho nitro benzene ring substituents is 1. The molecule has 0 atom stereocenters. The lowest BCUT2D eigenvalue weighted by atomic mass is 10.3. The molecule has 2 aromatic rings. The summed E-state index contributed by atoms with van der Waals surface area (Å²) in [6.07, 6.45) is 0. The fourth-order valence-electron chi connectivity index (χ4n) is 1.43. The van der Waals surface area contributed by atoms with Crippen molar-refractivity contribution in [1.29, 1.82) is 0 Å². The van der Waals surface area contributed by atoms with Gasteiger partial charge in [-0.15, -0.1) is 0 Å². The third-order valence-electron chi connectivity index (χ3n) is 2.29. The van der Waals surface area contributed by atoms with Crippen LogP contribution < -0.4 is 4.74 Å². The molecular weight excluding hydrogens is 258 g/mol. The van der Waals surface area contributed by atoms with Crippen molar-refractivity contribution in [1.82, 2.24) is 0 Å². The monoisotopic (exact) mass is 267 g/mol. The molecule has 0 spiro atoms. The van der Waals surface area contributed by atoms with E-state index in [1.165, 1.54) is 18.2 Å². The molecule has 94 valence electrons. The number of halogens is 1. The van der Waals surface area contributed by atoms with Crippen LogP contribution in [0.1, 0.15) is 11.5 Å². The predicted molar refractivity (Wildman–Crippen MR) is 65.9 cm³/mol. The van der Waals surface area contributed by atoms with Gasteiger partial charge in [0.05, 0.1) is 16.0 Å². The standard InChI is InChI=1S/C12H10ClNO4/c1-8-2-4-10(18-8)7-17-12-6-9(14(15)16)3-5-11(12)13/h2-6H,7H2,1H3. The van der Waals surface area contributed by atoms with Gasteiger partial charge in [-0.1, -0.05) is 11.6 Å². The average Bonchev–Trinajstić information content (AvgIpc) is 2.74. The Balaban J connectivity index is 2.13. The molecule has 18 heavy (non-hydrogen) atoms. The summed E-state index contributed by atoms with van der Waals surface area (Å²) in [5, 5.41) is 11.0. The molecule has 5 nitrogen and oxygen atoms in total. The second-order valence-corrected chi connectivity index (χ2v) is 4.08. The predicted octanol–water partition coefficient (Wildman–Crippen LogP) is 3.73. The summed E-state index contributed by atoms with van der Waals surface area (Å²) in [7, 11) is 0. The summed E-state index contributed by atoms with van der Waals surface area (Å²) < 4.78 is 10.7. The smallest absolute Gasteiger partial charge is 0.273 e. The van der Waals surface area contributed by atoms with Gasteiger partial charge in [0.15, 0.2) is 0 Å². The summed E-state index contributed by atoms with van der Waals surface area (Å²) in [5.74, 6) is 1.67. The highest BCUT2D eigenvalue weighted by atomic mass is 35.5. The molecule has 6 heteroatoms. The minimum Gasteiger partial charge on any atom is -0.484 e. The fourth-order valence-corrected chi connectivity index (χ4v) is 1.60. The summed E-state index contributed by atoms with van der Waals surface area (Å²) in [6, 6.07) is 7.64. The van der Waals surface area contributed by atoms with E-state index in [0.717, 1.165) is 5.76 Å². The Morgan fingerprint density at radius 1 is 1.39 bits per heavy atom. The van der Waals surface area contributed by atoms with Crippen LogP contribution in [0.4, 0.5) is 5.69 Å². The van der Waals surface area contributed by atoms with E-state index in [9.17, 15) is 10.1 Å². The van der Waals surface area contributed by atoms with Crippen molar-refractivity contribution in [3.63, 3.8) is 0 Å². The molecule has 1 aromatic heterocycles. The summed E-state index contributed by atoms with van der Waals surface area (Å²) in [4.78, 5) is 10.1. The molecule has 0 saturated heterocycles. The van der Waals surface area contributed by atoms with Gasteiger partial charge in [-0.05, 0) is 25.1 Å². The van der Waals surface area contributed by atoms with E-state index in [0.29, 0.717) is 10.8 Å². The second-order valence-electron chi connectivity index (χ2n) is 3.67. The Kier molecular flexibility index (Phi) is 3.53. The van der Waals surface area contributed by atoms with Crippen molar-refractivity contribution in [3.8, 4) is 5.75 Å². The second kappa shape index (κ2) is 5.10. The number of hydrogen-bond donors (Lipinski definition) is 0. The normalized spacial score (nSPS) is 10.3. The molecule has 0 saturated carbocycles. The van der Waals surface area contributed by atoms with Crippen molar-refractivity contribution >= 4 is 17.3 Å². The number of nitro groups is 1. The van der Waals surface area contributed by atoms with E-state index in [2.05, 4.69) is 0 Å². The van der Waals surface area contributed by atoms with Crippen molar-refractivity contribution in [2.24, 2.45) is 0 Å². The van der Waals surface area contributed by atoms with E-state index >= 15 is 0 Å². The molecule has 0 aliphatic carbocycles. The average molecular weight is 268 g/mol. The zero-order chi connectivity index (χ0) is 13.1. The zero-order valence-corrected chi connectivity index (χ0v) is 10.3. The molecule has 0 N–H and O–H groups in total. The van der Waals surface area contributed by atoms with E-state index in [1.54, 1.807) is 6.07 Å². The Labute approximate surface area is 108 Å². The van der Waals surface area contributed by atoms with Crippen molar-refractivity contribution in [2.45, 2.75) is 13.5 Å². The highest BCUT2D eigenvalue weighted by molar-refractivity contribution is 6.32. The number of nitrogens with zero attached hydrogens (tertiary/aromatic N) is 1. The maximum Gasteiger partial charge on any atom is 0.273 e. The zero-order valence-electron chi connectivity index (χ0n) is 9.55. The first-order valence-corrected chi connectivity index (χ1v) is 5.56. The first-order valence-electron chi connectivity index (χ1n) is 5.18. The maximum atomic E-state index is 10.6. The lowest BCUT2D eigenvalue weighted by Gasteiger charge is -2.05. The van der Waals surface area contributed by atoms with Gasteiger partial charge in [0.1, 0.15) is 23.9 Å². The Bertz CT molecular complexity index is 579. The van der Waals surface area contributed by atoms with Crippen molar-refractivity contribution < 1.29 is 14.1 Å². The Hall–Kier alpha value is -2.01. The van der Waals surface area contributed by atoms with Gasteiger partial charge in [-0.2, -0.15) is 0 Å². The highest BCUT2D eigenvalue weighted by Gasteiger charge is 2.11. The minimum atomic E-state index is -0.500. The van der Waals surface area contributed by atoms with Gasteiger partial charge in [0.25, 0.3) is 5.69 Å². The first kappa shape index (κ1) is 12.4. The van der Waals surface area contributed by atoms with Crippen molar-refractivity contribution in [2.75, 3.05) is 0 Å². The SMILES string of the molecule is Cc1ccc(COc2cc([N+](=O)[O-])ccc2Cl)o1. The number of furan rings is 1. The molecule has 0 aliphatic heterocycles. The van der Waals surface area contributed by atoms with Crippen LogP contribution in [0.5, 0.6) is 5.75 Å². The van der Waals surface area contributed by atoms with E-state index < -0.39 is 4.92 Å². The van der Waals surface area contributed by atoms with Crippen LogP contribution >= 0.6 is 11.6 Å². The van der Waals surface area contributed by atoms with Crippen LogP contribution in [0.2, 0.25) is 5.02 Å². The molecule has 0 bridgehead atoms. The maximum absolute atomic E-state index is 10.6. The van der Waals surface area contributed by atoms with Crippen LogP contribution in [-0.4, -0.2) is 4.92 Å². The van der Waals surface area contributed by atoms with Gasteiger partial charge < -0.3 is 9.15 Å². The third-order valence-corrected chi connectivity index (χ3v) is 2.60. The summed E-state index contributed by atoms with van der Waals surface area (Å²) >= 11 is 5.89. The van der Waals surface area contributed by atoms with Gasteiger partial charge in [-0.3, -0.25) is 10.1 Å². The Morgan fingerprint density at radius 2 is 2.17 bits per heavy atom. The molecular formula is C12H10ClNO4. The largest absolute Gasteiger partial charge is 0.484 e. The van der Waals surface area contributed by atoms with Gasteiger partial charge >= 0.3 is 0 Å². The van der Waals surface area contributed by atoms with Crippen LogP contribution in [-0.2, 0) is 6.61 Å². The van der Waals surface area contributed by atoms with Gasteiger partial charge in [-0.25, -0.2) is 0 Å². The number of benzene rings is 1. The molecule has 0 aliphatic rings. The number of rotatable bonds is 4. The molecule has 0 amide bonds. The van der Waals surface area contributed by atoms with E-state index in [-0.39, 0.29) is 18.0 Å². The first-order chi connectivity index (χ1) is 8.56. The van der Waals surface area contributed by atoms with E-state index in [1.807, 2.05) is 13.0 Å². The van der Waals surface area contributed by atoms with Crippen LogP contribution in [0, 0.1) is 17.0 Å². The van der Waals surface area contributed by atoms with Crippen molar-refractivity contribution in [3.05, 3.63) is 57.0 Å². The summed E-state index contributed by atoms with van der Waals surface area (Å²) in [6.45, 7) is 2.00. The minimum absolute atomic E-state index is 0.0648. The highest BCUT2D eigenvalue weighted by Crippen LogP contribution is 2.29. The fraction of sp³-hybridized carbons (Fsp3) is 0.167. The molecule has 0 fully saturated rings. The third kappa shape index (κ3) is 2.81. The van der Waals surface area contributed by atoms with E-state index in [4.69, 9.17) is 20.8 Å². The lowest BCUT2D eigenvalue weighted by Crippen LogP contribution is -1.96. The number of ether oxygens (including phenoxy) is 1. The number of aryl methyl sites for hydroxylation is 1. The quantitative estimate of drug-likeness (QED) is 0.625. The number of hydrogen-bond acceptors (Lipinski definition) is 4. The Morgan fingerprint density at radius 3 is 2.78 bits per heavy atom. The molecule has 2 rings (SSSR count). The molecule has 1 heterocycles. The lowest BCUT2D eigenvalue weighted by molar-refractivity contribution is -0.384. The van der Waals surface area contributed by atoms with Gasteiger partial charge in [0, 0.05) is 6.07 Å². The molecule has 1 aromatic carbocycles. The van der Waals surface area contributed by atoms with Crippen LogP contribution in [0.25, 0.3) is 0 Å². The summed E-state index contributed by atoms with van der Waals surface area (Å²) in [5.41, 5.74) is -0.0648. The number of nitro benzene ring substituents is 1. The van der Waals surface area contributed by atoms with Crippen LogP contribution in [0.3, 0.4) is 0 Å². The molecule has 0 radical (unpaired) electrons. The van der Waals surface area contributed by atoms with Crippen LogP contribution in [0.15, 0.2) is 34.7 Å².